The van der Waals surface area contributed by atoms with Gasteiger partial charge in [0.05, 0.1) is 37.6 Å². The third kappa shape index (κ3) is 1.95. The van der Waals surface area contributed by atoms with Crippen LogP contribution in [-0.4, -0.2) is 30.1 Å². The summed E-state index contributed by atoms with van der Waals surface area (Å²) in [6.07, 6.45) is 1.89. The monoisotopic (exact) mass is 271 g/mol. The highest BCUT2D eigenvalue weighted by molar-refractivity contribution is 6.01. The summed E-state index contributed by atoms with van der Waals surface area (Å²) in [5.74, 6) is 0.656. The van der Waals surface area contributed by atoms with Gasteiger partial charge in [0.2, 0.25) is 17.7 Å². The van der Waals surface area contributed by atoms with E-state index in [1.807, 2.05) is 12.1 Å². The van der Waals surface area contributed by atoms with Crippen LogP contribution in [0.4, 0.5) is 5.69 Å². The van der Waals surface area contributed by atoms with E-state index >= 15 is 0 Å². The van der Waals surface area contributed by atoms with E-state index in [-0.39, 0.29) is 12.3 Å². The molecule has 0 bridgehead atoms. The van der Waals surface area contributed by atoms with Crippen molar-refractivity contribution in [3.63, 3.8) is 0 Å². The molecule has 20 heavy (non-hydrogen) atoms. The smallest absolute Gasteiger partial charge is 0.230 e. The average molecular weight is 271 g/mol. The lowest BCUT2D eigenvalue weighted by molar-refractivity contribution is -0.115. The van der Waals surface area contributed by atoms with Crippen molar-refractivity contribution < 1.29 is 14.3 Å². The van der Waals surface area contributed by atoms with Gasteiger partial charge < -0.3 is 14.8 Å². The van der Waals surface area contributed by atoms with Gasteiger partial charge in [-0.05, 0) is 6.07 Å². The van der Waals surface area contributed by atoms with Crippen LogP contribution in [0.5, 0.6) is 11.8 Å². The van der Waals surface area contributed by atoms with Gasteiger partial charge in [-0.1, -0.05) is 6.07 Å². The molecule has 3 heterocycles. The van der Waals surface area contributed by atoms with Crippen molar-refractivity contribution in [3.05, 3.63) is 30.1 Å². The predicted molar refractivity (Wildman–Crippen MR) is 72.9 cm³/mol. The van der Waals surface area contributed by atoms with Gasteiger partial charge in [-0.15, -0.1) is 0 Å². The molecule has 0 aromatic carbocycles. The molecule has 1 amide bonds. The maximum Gasteiger partial charge on any atom is 0.230 e. The van der Waals surface area contributed by atoms with E-state index in [2.05, 4.69) is 15.3 Å². The topological polar surface area (TPSA) is 73.3 Å². The number of nitrogens with one attached hydrogen (secondary N) is 1. The summed E-state index contributed by atoms with van der Waals surface area (Å²) < 4.78 is 10.5. The first-order chi connectivity index (χ1) is 9.72. The number of rotatable bonds is 2. The molecule has 2 aromatic rings. The Balaban J connectivity index is 2.32. The summed E-state index contributed by atoms with van der Waals surface area (Å²) in [5, 5.41) is 2.84. The molecule has 0 radical (unpaired) electrons. The Labute approximate surface area is 115 Å². The van der Waals surface area contributed by atoms with Crippen LogP contribution in [0.1, 0.15) is 5.69 Å². The number of pyridine rings is 2. The minimum Gasteiger partial charge on any atom is -0.481 e. The molecule has 0 saturated heterocycles. The van der Waals surface area contributed by atoms with Gasteiger partial charge >= 0.3 is 0 Å². The molecule has 6 nitrogen and oxygen atoms in total. The van der Waals surface area contributed by atoms with Crippen LogP contribution >= 0.6 is 0 Å². The number of anilines is 1. The lowest BCUT2D eigenvalue weighted by atomic mass is 10.0. The van der Waals surface area contributed by atoms with Crippen molar-refractivity contribution >= 4 is 11.6 Å². The molecule has 1 aliphatic heterocycles. The maximum atomic E-state index is 12.0. The number of carbonyl (C=O) groups excluding carboxylic acids is 1. The minimum atomic E-state index is -0.126. The van der Waals surface area contributed by atoms with Crippen LogP contribution in [-0.2, 0) is 11.2 Å². The highest BCUT2D eigenvalue weighted by atomic mass is 16.5. The fourth-order valence-electron chi connectivity index (χ4n) is 2.26. The van der Waals surface area contributed by atoms with Gasteiger partial charge in [0.25, 0.3) is 0 Å². The van der Waals surface area contributed by atoms with Gasteiger partial charge in [0.1, 0.15) is 0 Å². The standard InChI is InChI=1S/C14H13N3O3/c1-19-12-7-10-13(14(17-12)20-2)8-4-3-5-15-9(8)6-11(18)16-10/h3-5,7H,6H2,1-2H3,(H,16,18). The summed E-state index contributed by atoms with van der Waals surface area (Å²) in [4.78, 5) is 20.5. The third-order valence-electron chi connectivity index (χ3n) is 3.13. The number of nitrogens with zero attached hydrogens (tertiary/aromatic N) is 2. The molecule has 6 heteroatoms. The fourth-order valence-corrected chi connectivity index (χ4v) is 2.26. The molecular formula is C14H13N3O3. The van der Waals surface area contributed by atoms with E-state index < -0.39 is 0 Å². The maximum absolute atomic E-state index is 12.0. The second-order valence-corrected chi connectivity index (χ2v) is 4.32. The van der Waals surface area contributed by atoms with E-state index in [9.17, 15) is 4.79 Å². The van der Waals surface area contributed by atoms with Crippen molar-refractivity contribution in [1.29, 1.82) is 0 Å². The summed E-state index contributed by atoms with van der Waals surface area (Å²) in [5.41, 5.74) is 2.88. The molecule has 0 fully saturated rings. The molecule has 102 valence electrons. The van der Waals surface area contributed by atoms with Crippen LogP contribution < -0.4 is 14.8 Å². The summed E-state index contributed by atoms with van der Waals surface area (Å²) in [7, 11) is 3.05. The minimum absolute atomic E-state index is 0.126. The number of fused-ring (bicyclic) bond motifs is 3. The van der Waals surface area contributed by atoms with Crippen LogP contribution in [0.15, 0.2) is 24.4 Å². The zero-order valence-corrected chi connectivity index (χ0v) is 11.1. The quantitative estimate of drug-likeness (QED) is 0.899. The Morgan fingerprint density at radius 3 is 2.90 bits per heavy atom. The van der Waals surface area contributed by atoms with Crippen LogP contribution in [0.2, 0.25) is 0 Å². The summed E-state index contributed by atoms with van der Waals surface area (Å²) in [6, 6.07) is 5.40. The highest BCUT2D eigenvalue weighted by Gasteiger charge is 2.24. The number of aromatic nitrogens is 2. The SMILES string of the molecule is COc1cc2c(c(OC)n1)-c1cccnc1CC(=O)N2. The van der Waals surface area contributed by atoms with E-state index in [0.29, 0.717) is 23.1 Å². The first-order valence-electron chi connectivity index (χ1n) is 6.10. The van der Waals surface area contributed by atoms with Gasteiger partial charge in [-0.25, -0.2) is 0 Å². The van der Waals surface area contributed by atoms with Crippen LogP contribution in [0.25, 0.3) is 11.1 Å². The van der Waals surface area contributed by atoms with Gasteiger partial charge in [0.15, 0.2) is 0 Å². The zero-order valence-electron chi connectivity index (χ0n) is 11.1. The highest BCUT2D eigenvalue weighted by Crippen LogP contribution is 2.40. The van der Waals surface area contributed by atoms with Crippen LogP contribution in [0.3, 0.4) is 0 Å². The van der Waals surface area contributed by atoms with E-state index in [1.165, 1.54) is 14.2 Å². The summed E-state index contributed by atoms with van der Waals surface area (Å²) in [6.45, 7) is 0. The molecule has 1 aliphatic rings. The van der Waals surface area contributed by atoms with E-state index in [4.69, 9.17) is 9.47 Å². The molecule has 0 aliphatic carbocycles. The van der Waals surface area contributed by atoms with Crippen molar-refractivity contribution in [2.45, 2.75) is 6.42 Å². The number of methoxy groups -OCH3 is 2. The van der Waals surface area contributed by atoms with Crippen molar-refractivity contribution in [2.24, 2.45) is 0 Å². The van der Waals surface area contributed by atoms with Gasteiger partial charge in [-0.3, -0.25) is 9.78 Å². The molecular weight excluding hydrogens is 258 g/mol. The van der Waals surface area contributed by atoms with Crippen molar-refractivity contribution in [1.82, 2.24) is 9.97 Å². The first kappa shape index (κ1) is 12.4. The van der Waals surface area contributed by atoms with Gasteiger partial charge in [-0.2, -0.15) is 4.98 Å². The van der Waals surface area contributed by atoms with Gasteiger partial charge in [0, 0.05) is 17.8 Å². The lowest BCUT2D eigenvalue weighted by Crippen LogP contribution is -2.13. The Kier molecular flexibility index (Phi) is 2.98. The molecule has 0 atom stereocenters. The molecule has 1 N–H and O–H groups in total. The number of amides is 1. The van der Waals surface area contributed by atoms with Crippen molar-refractivity contribution in [2.75, 3.05) is 19.5 Å². The molecule has 0 unspecified atom stereocenters. The second kappa shape index (κ2) is 4.80. The second-order valence-electron chi connectivity index (χ2n) is 4.32. The number of ether oxygens (including phenoxy) is 2. The number of hydrogen-bond donors (Lipinski definition) is 1. The average Bonchev–Trinajstić information content (AvgIpc) is 2.61. The summed E-state index contributed by atoms with van der Waals surface area (Å²) >= 11 is 0. The van der Waals surface area contributed by atoms with E-state index in [0.717, 1.165) is 11.1 Å². The zero-order chi connectivity index (χ0) is 14.1. The number of carbonyl (C=O) groups is 1. The lowest BCUT2D eigenvalue weighted by Gasteiger charge is -2.13. The first-order valence-corrected chi connectivity index (χ1v) is 6.10. The predicted octanol–water partition coefficient (Wildman–Crippen LogP) is 1.66. The van der Waals surface area contributed by atoms with E-state index in [1.54, 1.807) is 12.3 Å². The Morgan fingerprint density at radius 2 is 2.15 bits per heavy atom. The normalized spacial score (nSPS) is 12.8. The Hall–Kier alpha value is -2.63. The molecule has 0 saturated carbocycles. The third-order valence-corrected chi connectivity index (χ3v) is 3.13. The Morgan fingerprint density at radius 1 is 1.30 bits per heavy atom. The Bertz CT molecular complexity index is 685. The fraction of sp³-hybridized carbons (Fsp3) is 0.214. The molecule has 3 rings (SSSR count). The largest absolute Gasteiger partial charge is 0.481 e. The molecule has 2 aromatic heterocycles. The molecule has 0 spiro atoms. The van der Waals surface area contributed by atoms with Crippen LogP contribution in [0, 0.1) is 0 Å². The number of hydrogen-bond acceptors (Lipinski definition) is 5. The van der Waals surface area contributed by atoms with Crippen molar-refractivity contribution in [3.8, 4) is 22.9 Å².